The maximum absolute atomic E-state index is 12.6. The quantitative estimate of drug-likeness (QED) is 0.759. The van der Waals surface area contributed by atoms with Gasteiger partial charge in [0.2, 0.25) is 0 Å². The van der Waals surface area contributed by atoms with Crippen molar-refractivity contribution in [1.82, 2.24) is 15.5 Å². The third-order valence-electron chi connectivity index (χ3n) is 5.35. The van der Waals surface area contributed by atoms with Gasteiger partial charge in [-0.1, -0.05) is 19.1 Å². The third-order valence-corrected chi connectivity index (χ3v) is 5.35. The number of alkyl halides is 3. The molecular formula is C20H28F3N3O. The van der Waals surface area contributed by atoms with Gasteiger partial charge >= 0.3 is 6.18 Å². The van der Waals surface area contributed by atoms with E-state index in [0.29, 0.717) is 43.5 Å². The topological polar surface area (TPSA) is 44.4 Å². The summed E-state index contributed by atoms with van der Waals surface area (Å²) >= 11 is 0. The lowest BCUT2D eigenvalue weighted by Gasteiger charge is -2.32. The van der Waals surface area contributed by atoms with Gasteiger partial charge in [0.05, 0.1) is 6.54 Å². The average molecular weight is 383 g/mol. The number of hydrogen-bond donors (Lipinski definition) is 2. The highest BCUT2D eigenvalue weighted by Gasteiger charge is 2.38. The van der Waals surface area contributed by atoms with Gasteiger partial charge in [0.25, 0.3) is 5.91 Å². The molecule has 1 aliphatic carbocycles. The molecule has 2 unspecified atom stereocenters. The zero-order chi connectivity index (χ0) is 19.4. The summed E-state index contributed by atoms with van der Waals surface area (Å²) in [7, 11) is 0. The van der Waals surface area contributed by atoms with Gasteiger partial charge in [0.1, 0.15) is 0 Å². The minimum absolute atomic E-state index is 0.0643. The Labute approximate surface area is 158 Å². The minimum Gasteiger partial charge on any atom is -0.349 e. The summed E-state index contributed by atoms with van der Waals surface area (Å²) in [6, 6.07) is 8.16. The number of nitrogens with one attached hydrogen (secondary N) is 2. The molecule has 2 N–H and O–H groups in total. The van der Waals surface area contributed by atoms with E-state index in [-0.39, 0.29) is 11.9 Å². The van der Waals surface area contributed by atoms with Crippen molar-refractivity contribution in [3.8, 4) is 0 Å². The van der Waals surface area contributed by atoms with Gasteiger partial charge in [0, 0.05) is 36.7 Å². The van der Waals surface area contributed by atoms with Crippen molar-refractivity contribution in [3.05, 3.63) is 35.4 Å². The van der Waals surface area contributed by atoms with Crippen LogP contribution in [0.1, 0.15) is 54.4 Å². The number of rotatable bonds is 7. The molecule has 0 radical (unpaired) electrons. The van der Waals surface area contributed by atoms with E-state index in [1.165, 1.54) is 10.5 Å². The van der Waals surface area contributed by atoms with Crippen LogP contribution < -0.4 is 10.6 Å². The molecule has 3 rings (SSSR count). The van der Waals surface area contributed by atoms with Gasteiger partial charge in [-0.05, 0) is 49.9 Å². The summed E-state index contributed by atoms with van der Waals surface area (Å²) in [5.41, 5.74) is 1.81. The number of hydrogen-bond acceptors (Lipinski definition) is 3. The molecule has 1 amide bonds. The van der Waals surface area contributed by atoms with Crippen molar-refractivity contribution in [2.45, 2.75) is 56.8 Å². The molecule has 2 atom stereocenters. The summed E-state index contributed by atoms with van der Waals surface area (Å²) < 4.78 is 37.4. The van der Waals surface area contributed by atoms with Crippen LogP contribution in [-0.2, 0) is 0 Å². The molecule has 1 aromatic rings. The van der Waals surface area contributed by atoms with Crippen LogP contribution in [0.4, 0.5) is 13.2 Å². The van der Waals surface area contributed by atoms with E-state index in [4.69, 9.17) is 0 Å². The van der Waals surface area contributed by atoms with E-state index in [0.717, 1.165) is 19.4 Å². The molecule has 2 fully saturated rings. The molecule has 1 aliphatic heterocycles. The molecule has 27 heavy (non-hydrogen) atoms. The monoisotopic (exact) mass is 383 g/mol. The number of carbonyl (C=O) groups excluding carboxylic acids is 1. The Morgan fingerprint density at radius 1 is 1.26 bits per heavy atom. The fourth-order valence-electron chi connectivity index (χ4n) is 3.79. The van der Waals surface area contributed by atoms with Crippen molar-refractivity contribution in [2.24, 2.45) is 0 Å². The largest absolute Gasteiger partial charge is 0.401 e. The van der Waals surface area contributed by atoms with E-state index >= 15 is 0 Å². The molecule has 4 nitrogen and oxygen atoms in total. The maximum Gasteiger partial charge on any atom is 0.401 e. The van der Waals surface area contributed by atoms with E-state index in [9.17, 15) is 18.0 Å². The van der Waals surface area contributed by atoms with Crippen molar-refractivity contribution >= 4 is 5.91 Å². The van der Waals surface area contributed by atoms with Crippen molar-refractivity contribution < 1.29 is 18.0 Å². The fourth-order valence-corrected chi connectivity index (χ4v) is 3.79. The van der Waals surface area contributed by atoms with Crippen LogP contribution in [0.25, 0.3) is 0 Å². The summed E-state index contributed by atoms with van der Waals surface area (Å²) in [6.07, 6.45) is -0.861. The lowest BCUT2D eigenvalue weighted by Crippen LogP contribution is -2.47. The molecular weight excluding hydrogens is 355 g/mol. The molecule has 0 bridgehead atoms. The van der Waals surface area contributed by atoms with Crippen LogP contribution in [0.2, 0.25) is 0 Å². The molecule has 0 aromatic heterocycles. The average Bonchev–Trinajstić information content (AvgIpc) is 3.40. The Morgan fingerprint density at radius 2 is 2.00 bits per heavy atom. The molecule has 1 saturated carbocycles. The Kier molecular flexibility index (Phi) is 6.42. The van der Waals surface area contributed by atoms with Crippen LogP contribution in [0.5, 0.6) is 0 Å². The highest BCUT2D eigenvalue weighted by molar-refractivity contribution is 5.94. The zero-order valence-electron chi connectivity index (χ0n) is 15.7. The summed E-state index contributed by atoms with van der Waals surface area (Å²) in [5.74, 6) is 0.333. The highest BCUT2D eigenvalue weighted by atomic mass is 19.4. The highest BCUT2D eigenvalue weighted by Crippen LogP contribution is 2.40. The zero-order valence-corrected chi connectivity index (χ0v) is 15.7. The summed E-state index contributed by atoms with van der Waals surface area (Å²) in [5, 5.41) is 6.49. The fraction of sp³-hybridized carbons (Fsp3) is 0.650. The van der Waals surface area contributed by atoms with Crippen LogP contribution in [0.3, 0.4) is 0 Å². The number of nitrogens with zero attached hydrogens (tertiary/aromatic N) is 1. The van der Waals surface area contributed by atoms with Crippen LogP contribution in [-0.4, -0.2) is 55.2 Å². The maximum atomic E-state index is 12.6. The Balaban J connectivity index is 1.49. The van der Waals surface area contributed by atoms with Gasteiger partial charge < -0.3 is 10.6 Å². The van der Waals surface area contributed by atoms with E-state index in [1.807, 2.05) is 12.1 Å². The molecule has 7 heteroatoms. The number of halogens is 3. The van der Waals surface area contributed by atoms with Crippen molar-refractivity contribution in [3.63, 3.8) is 0 Å². The molecule has 1 aromatic carbocycles. The van der Waals surface area contributed by atoms with Gasteiger partial charge in [-0.2, -0.15) is 13.2 Å². The Morgan fingerprint density at radius 3 is 2.67 bits per heavy atom. The predicted molar refractivity (Wildman–Crippen MR) is 98.9 cm³/mol. The van der Waals surface area contributed by atoms with Gasteiger partial charge in [0.15, 0.2) is 0 Å². The Hall–Kier alpha value is -1.60. The van der Waals surface area contributed by atoms with Crippen molar-refractivity contribution in [1.29, 1.82) is 0 Å². The van der Waals surface area contributed by atoms with Crippen LogP contribution in [0.15, 0.2) is 24.3 Å². The first-order valence-electron chi connectivity index (χ1n) is 9.79. The van der Waals surface area contributed by atoms with Crippen LogP contribution >= 0.6 is 0 Å². The first-order chi connectivity index (χ1) is 12.9. The first-order valence-corrected chi connectivity index (χ1v) is 9.79. The standard InChI is InChI=1S/C20H28F3N3O/c1-2-8-24-18-12-17(18)14-4-3-5-15(11-14)19(27)25-16-6-9-26(10-7-16)13-20(21,22)23/h3-5,11,16-18,24H,2,6-10,12-13H2,1H3,(H,25,27). The second-order valence-electron chi connectivity index (χ2n) is 7.67. The molecule has 1 saturated heterocycles. The number of benzene rings is 1. The van der Waals surface area contributed by atoms with Crippen LogP contribution in [0, 0.1) is 0 Å². The molecule has 2 aliphatic rings. The van der Waals surface area contributed by atoms with Gasteiger partial charge in [-0.15, -0.1) is 0 Å². The Bertz CT molecular complexity index is 642. The van der Waals surface area contributed by atoms with Gasteiger partial charge in [-0.3, -0.25) is 9.69 Å². The molecule has 0 spiro atoms. The van der Waals surface area contributed by atoms with E-state index < -0.39 is 12.7 Å². The first kappa shape index (κ1) is 20.1. The van der Waals surface area contributed by atoms with Gasteiger partial charge in [-0.25, -0.2) is 0 Å². The lowest BCUT2D eigenvalue weighted by molar-refractivity contribution is -0.148. The number of carbonyl (C=O) groups is 1. The number of piperidine rings is 1. The molecule has 150 valence electrons. The lowest BCUT2D eigenvalue weighted by atomic mass is 10.0. The predicted octanol–water partition coefficient (Wildman–Crippen LogP) is 3.30. The second-order valence-corrected chi connectivity index (χ2v) is 7.67. The molecule has 1 heterocycles. The summed E-state index contributed by atoms with van der Waals surface area (Å²) in [6.45, 7) is 3.00. The summed E-state index contributed by atoms with van der Waals surface area (Å²) in [4.78, 5) is 14.0. The minimum atomic E-state index is -4.16. The normalized spacial score (nSPS) is 24.0. The van der Waals surface area contributed by atoms with E-state index in [1.54, 1.807) is 6.07 Å². The number of likely N-dealkylation sites (tertiary alicyclic amines) is 1. The SMILES string of the molecule is CCCNC1CC1c1cccc(C(=O)NC2CCN(CC(F)(F)F)CC2)c1. The van der Waals surface area contributed by atoms with E-state index in [2.05, 4.69) is 23.6 Å². The number of amides is 1. The smallest absolute Gasteiger partial charge is 0.349 e. The second kappa shape index (κ2) is 8.61. The van der Waals surface area contributed by atoms with Crippen molar-refractivity contribution in [2.75, 3.05) is 26.2 Å². The third kappa shape index (κ3) is 5.94.